The number of fused-ring (bicyclic) bond motifs is 1. The summed E-state index contributed by atoms with van der Waals surface area (Å²) in [7, 11) is 0. The van der Waals surface area contributed by atoms with E-state index in [9.17, 15) is 0 Å². The Kier molecular flexibility index (Phi) is 3.86. The van der Waals surface area contributed by atoms with Gasteiger partial charge < -0.3 is 4.74 Å². The van der Waals surface area contributed by atoms with Crippen LogP contribution in [0.2, 0.25) is 0 Å². The average Bonchev–Trinajstić information content (AvgIpc) is 2.67. The molecule has 0 atom stereocenters. The van der Waals surface area contributed by atoms with E-state index in [1.807, 2.05) is 60.7 Å². The lowest BCUT2D eigenvalue weighted by Gasteiger charge is -2.07. The molecule has 0 bridgehead atoms. The second-order valence-corrected chi connectivity index (χ2v) is 5.38. The van der Waals surface area contributed by atoms with Crippen LogP contribution in [0.15, 0.2) is 79.1 Å². The van der Waals surface area contributed by atoms with E-state index in [-0.39, 0.29) is 0 Å². The van der Waals surface area contributed by atoms with Crippen LogP contribution in [-0.2, 0) is 6.61 Å². The van der Waals surface area contributed by atoms with Crippen LogP contribution in [0, 0.1) is 0 Å². The fourth-order valence-electron chi connectivity index (χ4n) is 2.48. The van der Waals surface area contributed by atoms with Gasteiger partial charge in [0.05, 0.1) is 28.8 Å². The number of nitrogens with zero attached hydrogens (tertiary/aromatic N) is 3. The summed E-state index contributed by atoms with van der Waals surface area (Å²) >= 11 is 0. The zero-order chi connectivity index (χ0) is 16.2. The first-order chi connectivity index (χ1) is 11.9. The molecule has 0 saturated carbocycles. The second kappa shape index (κ2) is 6.46. The Bertz CT molecular complexity index is 953. The summed E-state index contributed by atoms with van der Waals surface area (Å²) in [5.41, 5.74) is 3.54. The van der Waals surface area contributed by atoms with Crippen LogP contribution in [0.3, 0.4) is 0 Å². The first-order valence-electron chi connectivity index (χ1n) is 7.73. The van der Waals surface area contributed by atoms with Gasteiger partial charge in [0.2, 0.25) is 0 Å². The Morgan fingerprint density at radius 1 is 0.750 bits per heavy atom. The van der Waals surface area contributed by atoms with Crippen LogP contribution in [0.1, 0.15) is 5.69 Å². The van der Waals surface area contributed by atoms with Gasteiger partial charge in [-0.3, -0.25) is 9.97 Å². The monoisotopic (exact) mass is 313 g/mol. The highest BCUT2D eigenvalue weighted by atomic mass is 16.5. The molecule has 4 rings (SSSR count). The summed E-state index contributed by atoms with van der Waals surface area (Å²) < 4.78 is 5.79. The lowest BCUT2D eigenvalue weighted by atomic mass is 10.2. The van der Waals surface area contributed by atoms with E-state index in [1.54, 1.807) is 12.4 Å². The number of benzene rings is 1. The van der Waals surface area contributed by atoms with Crippen molar-refractivity contribution in [1.82, 2.24) is 15.0 Å². The van der Waals surface area contributed by atoms with Gasteiger partial charge in [-0.1, -0.05) is 30.3 Å². The van der Waals surface area contributed by atoms with Crippen LogP contribution >= 0.6 is 0 Å². The van der Waals surface area contributed by atoms with Crippen molar-refractivity contribution in [3.63, 3.8) is 0 Å². The normalized spacial score (nSPS) is 10.7. The number of pyridine rings is 3. The van der Waals surface area contributed by atoms with Gasteiger partial charge in [-0.2, -0.15) is 0 Å². The first-order valence-corrected chi connectivity index (χ1v) is 7.73. The molecule has 0 N–H and O–H groups in total. The van der Waals surface area contributed by atoms with Crippen LogP contribution in [0.4, 0.5) is 0 Å². The summed E-state index contributed by atoms with van der Waals surface area (Å²) in [4.78, 5) is 13.3. The Hall–Kier alpha value is -3.27. The molecule has 3 aromatic heterocycles. The second-order valence-electron chi connectivity index (χ2n) is 5.38. The number of hydrogen-bond acceptors (Lipinski definition) is 4. The summed E-state index contributed by atoms with van der Waals surface area (Å²) in [6, 6.07) is 21.7. The highest BCUT2D eigenvalue weighted by molar-refractivity contribution is 5.78. The number of hydrogen-bond donors (Lipinski definition) is 0. The predicted octanol–water partition coefficient (Wildman–Crippen LogP) is 4.27. The van der Waals surface area contributed by atoms with Gasteiger partial charge in [-0.25, -0.2) is 4.98 Å². The van der Waals surface area contributed by atoms with Crippen molar-refractivity contribution in [2.45, 2.75) is 6.61 Å². The molecule has 1 aromatic carbocycles. The zero-order valence-electron chi connectivity index (χ0n) is 13.0. The van der Waals surface area contributed by atoms with Gasteiger partial charge in [-0.15, -0.1) is 0 Å². The zero-order valence-corrected chi connectivity index (χ0v) is 13.0. The fraction of sp³-hybridized carbons (Fsp3) is 0.0500. The summed E-state index contributed by atoms with van der Waals surface area (Å²) in [5.74, 6) is 0.713. The maximum absolute atomic E-state index is 5.79. The lowest BCUT2D eigenvalue weighted by molar-refractivity contribution is 0.300. The maximum Gasteiger partial charge on any atom is 0.138 e. The van der Waals surface area contributed by atoms with Gasteiger partial charge in [0, 0.05) is 11.6 Å². The third-order valence-corrected chi connectivity index (χ3v) is 3.71. The molecule has 0 aliphatic rings. The van der Waals surface area contributed by atoms with Gasteiger partial charge >= 0.3 is 0 Å². The number of aromatic nitrogens is 3. The highest BCUT2D eigenvalue weighted by Crippen LogP contribution is 2.18. The summed E-state index contributed by atoms with van der Waals surface area (Å²) in [6.07, 6.45) is 3.47. The van der Waals surface area contributed by atoms with Gasteiger partial charge in [0.25, 0.3) is 0 Å². The molecule has 0 radical (unpaired) electrons. The Morgan fingerprint density at radius 3 is 2.46 bits per heavy atom. The molecule has 4 nitrogen and oxygen atoms in total. The molecule has 0 aliphatic carbocycles. The molecule has 0 aliphatic heterocycles. The van der Waals surface area contributed by atoms with Gasteiger partial charge in [0.1, 0.15) is 12.4 Å². The first kappa shape index (κ1) is 14.3. The minimum atomic E-state index is 0.412. The summed E-state index contributed by atoms with van der Waals surface area (Å²) in [5, 5.41) is 1.13. The van der Waals surface area contributed by atoms with E-state index in [0.29, 0.717) is 12.4 Å². The van der Waals surface area contributed by atoms with Crippen molar-refractivity contribution < 1.29 is 4.74 Å². The SMILES string of the molecule is c1ccc(-c2ccc(OCc3ccc4ccccc4n3)cn2)nc1. The number of rotatable bonds is 4. The fourth-order valence-corrected chi connectivity index (χ4v) is 2.48. The molecule has 3 heterocycles. The lowest BCUT2D eigenvalue weighted by Crippen LogP contribution is -1.99. The van der Waals surface area contributed by atoms with Crippen LogP contribution < -0.4 is 4.74 Å². The summed E-state index contributed by atoms with van der Waals surface area (Å²) in [6.45, 7) is 0.412. The Balaban J connectivity index is 1.47. The van der Waals surface area contributed by atoms with Gasteiger partial charge in [-0.05, 0) is 36.4 Å². The van der Waals surface area contributed by atoms with E-state index >= 15 is 0 Å². The molecular weight excluding hydrogens is 298 g/mol. The number of ether oxygens (including phenoxy) is 1. The van der Waals surface area contributed by atoms with Crippen molar-refractivity contribution in [2.75, 3.05) is 0 Å². The van der Waals surface area contributed by atoms with Crippen molar-refractivity contribution >= 4 is 10.9 Å². The Labute approximate surface area is 139 Å². The van der Waals surface area contributed by atoms with E-state index in [2.05, 4.69) is 21.0 Å². The molecule has 116 valence electrons. The predicted molar refractivity (Wildman–Crippen MR) is 93.5 cm³/mol. The minimum Gasteiger partial charge on any atom is -0.486 e. The topological polar surface area (TPSA) is 47.9 Å². The maximum atomic E-state index is 5.79. The molecule has 24 heavy (non-hydrogen) atoms. The molecule has 4 aromatic rings. The Morgan fingerprint density at radius 2 is 1.62 bits per heavy atom. The third-order valence-electron chi connectivity index (χ3n) is 3.71. The van der Waals surface area contributed by atoms with Crippen LogP contribution in [-0.4, -0.2) is 15.0 Å². The molecule has 0 amide bonds. The van der Waals surface area contributed by atoms with E-state index < -0.39 is 0 Å². The molecule has 0 spiro atoms. The molecule has 0 unspecified atom stereocenters. The average molecular weight is 313 g/mol. The standard InChI is InChI=1S/C20H15N3O/c1-2-6-18-15(5-1)8-9-16(23-18)14-24-17-10-11-20(22-13-17)19-7-3-4-12-21-19/h1-13H,14H2. The van der Waals surface area contributed by atoms with Crippen molar-refractivity contribution in [2.24, 2.45) is 0 Å². The smallest absolute Gasteiger partial charge is 0.138 e. The highest BCUT2D eigenvalue weighted by Gasteiger charge is 2.03. The van der Waals surface area contributed by atoms with E-state index in [4.69, 9.17) is 4.74 Å². The van der Waals surface area contributed by atoms with Gasteiger partial charge in [0.15, 0.2) is 0 Å². The van der Waals surface area contributed by atoms with E-state index in [0.717, 1.165) is 28.0 Å². The molecular formula is C20H15N3O. The van der Waals surface area contributed by atoms with Crippen LogP contribution in [0.5, 0.6) is 5.75 Å². The minimum absolute atomic E-state index is 0.412. The van der Waals surface area contributed by atoms with E-state index in [1.165, 1.54) is 0 Å². The molecule has 4 heteroatoms. The molecule has 0 fully saturated rings. The van der Waals surface area contributed by atoms with Crippen LogP contribution in [0.25, 0.3) is 22.3 Å². The quantitative estimate of drug-likeness (QED) is 0.564. The largest absolute Gasteiger partial charge is 0.486 e. The van der Waals surface area contributed by atoms with Crippen molar-refractivity contribution in [1.29, 1.82) is 0 Å². The van der Waals surface area contributed by atoms with Crippen molar-refractivity contribution in [3.8, 4) is 17.1 Å². The molecule has 0 saturated heterocycles. The number of para-hydroxylation sites is 1. The van der Waals surface area contributed by atoms with Crippen molar-refractivity contribution in [3.05, 3.63) is 84.8 Å². The third kappa shape index (κ3) is 3.08.